The normalized spacial score (nSPS) is 20.4. The number of hydrogen-bond acceptors (Lipinski definition) is 16. The van der Waals surface area contributed by atoms with Crippen LogP contribution in [0.1, 0.15) is 95.3 Å². The molecule has 0 heterocycles. The molecule has 0 saturated carbocycles. The number of nitrogens with two attached hydrogens (primary N) is 5. The van der Waals surface area contributed by atoms with Gasteiger partial charge in [-0.1, -0.05) is 32.1 Å². The monoisotopic (exact) mass is 1100 g/mol. The predicted molar refractivity (Wildman–Crippen MR) is 297 cm³/mol. The average molecular weight is 1100 g/mol. The molecule has 9 atom stereocenters. The molecule has 3 aliphatic rings. The molecule has 4 rings (SSSR count). The third kappa shape index (κ3) is 18.8. The summed E-state index contributed by atoms with van der Waals surface area (Å²) in [6.45, 7) is 6.16. The van der Waals surface area contributed by atoms with E-state index in [1.807, 2.05) is 6.92 Å². The number of carbonyl (C=O) groups excluding carboxylic acids is 8. The molecule has 0 bridgehead atoms. The van der Waals surface area contributed by atoms with Gasteiger partial charge in [-0.05, 0) is 127 Å². The van der Waals surface area contributed by atoms with E-state index in [9.17, 15) is 38.4 Å². The van der Waals surface area contributed by atoms with Crippen LogP contribution in [0.4, 0.5) is 5.69 Å². The molecule has 79 heavy (non-hydrogen) atoms. The van der Waals surface area contributed by atoms with Crippen molar-refractivity contribution in [2.45, 2.75) is 127 Å². The highest BCUT2D eigenvalue weighted by Gasteiger charge is 2.35. The highest BCUT2D eigenvalue weighted by Crippen LogP contribution is 2.28. The maximum atomic E-state index is 14.3. The fraction of sp³-hybridized carbons (Fsp3) is 0.527. The second-order valence-corrected chi connectivity index (χ2v) is 19.6. The maximum absolute atomic E-state index is 14.3. The van der Waals surface area contributed by atoms with Crippen LogP contribution in [0.15, 0.2) is 88.5 Å². The lowest BCUT2D eigenvalue weighted by atomic mass is 9.89. The fourth-order valence-electron chi connectivity index (χ4n) is 9.26. The van der Waals surface area contributed by atoms with Gasteiger partial charge in [0.2, 0.25) is 29.5 Å². The van der Waals surface area contributed by atoms with E-state index in [1.54, 1.807) is 31.2 Å². The van der Waals surface area contributed by atoms with Crippen LogP contribution >= 0.6 is 0 Å². The van der Waals surface area contributed by atoms with Crippen molar-refractivity contribution in [3.8, 4) is 5.75 Å². The van der Waals surface area contributed by atoms with Crippen LogP contribution in [0, 0.1) is 11.8 Å². The van der Waals surface area contributed by atoms with Crippen molar-refractivity contribution in [2.75, 3.05) is 53.4 Å². The zero-order valence-corrected chi connectivity index (χ0v) is 46.4. The molecule has 3 aliphatic carbocycles. The Morgan fingerprint density at radius 1 is 0.570 bits per heavy atom. The molecule has 0 radical (unpaired) electrons. The van der Waals surface area contributed by atoms with Crippen LogP contribution in [0.5, 0.6) is 5.75 Å². The zero-order valence-electron chi connectivity index (χ0n) is 46.4. The number of primary amides is 1. The van der Waals surface area contributed by atoms with Crippen LogP contribution in [-0.2, 0) is 47.8 Å². The summed E-state index contributed by atoms with van der Waals surface area (Å²) in [5.41, 5.74) is 30.2. The fourth-order valence-corrected chi connectivity index (χ4v) is 9.26. The topological polar surface area (TPSA) is 388 Å². The lowest BCUT2D eigenvalue weighted by Crippen LogP contribution is -2.50. The molecule has 17 N–H and O–H groups in total. The highest BCUT2D eigenvalue weighted by atomic mass is 16.5. The molecule has 0 aromatic heterocycles. The van der Waals surface area contributed by atoms with Crippen LogP contribution in [0.2, 0.25) is 0 Å². The van der Waals surface area contributed by atoms with Crippen LogP contribution in [0.3, 0.4) is 0 Å². The molecule has 1 aromatic carbocycles. The van der Waals surface area contributed by atoms with Crippen molar-refractivity contribution in [2.24, 2.45) is 40.5 Å². The smallest absolute Gasteiger partial charge is 0.255 e. The number of rotatable bonds is 31. The van der Waals surface area contributed by atoms with Gasteiger partial charge in [0.1, 0.15) is 23.9 Å². The number of hydrogen-bond donors (Lipinski definition) is 12. The highest BCUT2D eigenvalue weighted by molar-refractivity contribution is 6.03. The van der Waals surface area contributed by atoms with Gasteiger partial charge in [-0.3, -0.25) is 38.4 Å². The molecule has 24 nitrogen and oxygen atoms in total. The van der Waals surface area contributed by atoms with Crippen molar-refractivity contribution >= 4 is 52.9 Å². The third-order valence-corrected chi connectivity index (χ3v) is 13.5. The van der Waals surface area contributed by atoms with Gasteiger partial charge >= 0.3 is 0 Å². The van der Waals surface area contributed by atoms with Crippen molar-refractivity contribution in [1.29, 1.82) is 0 Å². The largest absolute Gasteiger partial charge is 0.496 e. The van der Waals surface area contributed by atoms with Crippen molar-refractivity contribution in [3.63, 3.8) is 0 Å². The second kappa shape index (κ2) is 32.1. The van der Waals surface area contributed by atoms with Gasteiger partial charge in [-0.15, -0.1) is 0 Å². The number of nitrogens with one attached hydrogen (secondary N) is 7. The summed E-state index contributed by atoms with van der Waals surface area (Å²) in [5, 5.41) is 19.6. The molecular formula is C55H82N12O12. The Labute approximate surface area is 461 Å². The van der Waals surface area contributed by atoms with Crippen molar-refractivity contribution in [3.05, 3.63) is 94.0 Å². The number of methoxy groups -OCH3 is 4. The lowest BCUT2D eigenvalue weighted by molar-refractivity contribution is -0.128. The standard InChI is InChI=1S/C55H82N12O12/c1-30-24-35(28-39(48(60)68)46(30)78-6)63-55(75)43(16-10-13-23-58)67-52(72)40-29-36(25-31(2)47(40)79-7)64-54(74)42(15-9-12-22-57)66-51(71)38-27-34(18-20-45(38)77-5)62-53(73)41(14-8-11-21-56)65-50(70)37-26-33(17-19-44(37)76-4)61-49(69)32(3)59/h17-19,24-32,41-43,45-47H,8-16,20-23,56-59H2,1-7H3,(H2,60,68)(H,61,69)(H,62,73)(H,63,75)(H,64,74)(H,65,70)(H,66,71)(H,67,72)/t30?,31?,32-,41-,42-,43-,45?,46?,47?/m0/s1. The predicted octanol–water partition coefficient (Wildman–Crippen LogP) is 0.449. The Hall–Kier alpha value is -7.06. The van der Waals surface area contributed by atoms with E-state index in [4.69, 9.17) is 47.6 Å². The van der Waals surface area contributed by atoms with E-state index in [-0.39, 0.29) is 76.7 Å². The molecular weight excluding hydrogens is 1020 g/mol. The van der Waals surface area contributed by atoms with Crippen LogP contribution in [0.25, 0.3) is 0 Å². The first-order valence-corrected chi connectivity index (χ1v) is 26.6. The number of ether oxygens (including phenoxy) is 4. The average Bonchev–Trinajstić information content (AvgIpc) is 3.43. The third-order valence-electron chi connectivity index (χ3n) is 13.5. The summed E-state index contributed by atoms with van der Waals surface area (Å²) in [4.78, 5) is 109. The molecule has 0 fully saturated rings. The summed E-state index contributed by atoms with van der Waals surface area (Å²) in [5.74, 6) is -5.46. The molecule has 1 aromatic rings. The second-order valence-electron chi connectivity index (χ2n) is 19.6. The van der Waals surface area contributed by atoms with Gasteiger partial charge in [0.05, 0.1) is 37.0 Å². The summed E-state index contributed by atoms with van der Waals surface area (Å²) < 4.78 is 22.3. The number of anilines is 1. The van der Waals surface area contributed by atoms with Gasteiger partial charge in [-0.2, -0.15) is 0 Å². The first-order valence-electron chi connectivity index (χ1n) is 26.6. The molecule has 5 unspecified atom stereocenters. The molecule has 0 spiro atoms. The van der Waals surface area contributed by atoms with E-state index >= 15 is 0 Å². The molecule has 0 saturated heterocycles. The summed E-state index contributed by atoms with van der Waals surface area (Å²) in [7, 11) is 5.70. The van der Waals surface area contributed by atoms with Gasteiger partial charge in [0.15, 0.2) is 0 Å². The Bertz CT molecular complexity index is 2560. The summed E-state index contributed by atoms with van der Waals surface area (Å²) in [6.07, 6.45) is 11.2. The SMILES string of the molecule is COc1ccc(NC(=O)[C@H](C)N)cc1C(=O)N[C@@H](CCCCN)C(=O)NC1=CCC(OC)C(C(=O)N[C@@H](CCCCN)C(=O)NC2=CC(C)C(OC)C(C(=O)N[C@@H](CCCCN)C(=O)NC3=CC(C)C(OC)C(C(N)=O)=C3)=C2)=C1. The van der Waals surface area contributed by atoms with E-state index in [0.29, 0.717) is 63.9 Å². The molecule has 0 aliphatic heterocycles. The minimum absolute atomic E-state index is 0.0481. The quantitative estimate of drug-likeness (QED) is 0.0449. The zero-order chi connectivity index (χ0) is 58.3. The summed E-state index contributed by atoms with van der Waals surface area (Å²) in [6, 6.07) is 0.391. The summed E-state index contributed by atoms with van der Waals surface area (Å²) >= 11 is 0. The molecule has 24 heteroatoms. The minimum atomic E-state index is -1.12. The number of benzene rings is 1. The number of amides is 8. The molecule has 434 valence electrons. The van der Waals surface area contributed by atoms with E-state index in [0.717, 1.165) is 0 Å². The van der Waals surface area contributed by atoms with Gasteiger partial charge < -0.3 is 84.8 Å². The van der Waals surface area contributed by atoms with Gasteiger partial charge in [0.25, 0.3) is 17.7 Å². The van der Waals surface area contributed by atoms with E-state index in [2.05, 4.69) is 37.2 Å². The first-order chi connectivity index (χ1) is 37.7. The Balaban J connectivity index is 1.55. The van der Waals surface area contributed by atoms with E-state index in [1.165, 1.54) is 65.7 Å². The Morgan fingerprint density at radius 2 is 1.01 bits per heavy atom. The van der Waals surface area contributed by atoms with E-state index < -0.39 is 95.7 Å². The first kappa shape index (κ1) is 64.5. The Kier molecular flexibility index (Phi) is 26.2. The minimum Gasteiger partial charge on any atom is -0.496 e. The van der Waals surface area contributed by atoms with Crippen molar-refractivity contribution < 1.29 is 57.3 Å². The van der Waals surface area contributed by atoms with Gasteiger partial charge in [-0.25, -0.2) is 0 Å². The van der Waals surface area contributed by atoms with Gasteiger partial charge in [0, 0.05) is 72.7 Å². The number of unbranched alkanes of at least 4 members (excludes halogenated alkanes) is 3. The van der Waals surface area contributed by atoms with Crippen molar-refractivity contribution in [1.82, 2.24) is 31.9 Å². The number of carbonyl (C=O) groups is 8. The Morgan fingerprint density at radius 3 is 1.46 bits per heavy atom. The molecule has 8 amide bonds. The van der Waals surface area contributed by atoms with Crippen LogP contribution in [-0.4, -0.2) is 138 Å². The van der Waals surface area contributed by atoms with Crippen LogP contribution < -0.4 is 70.6 Å². The maximum Gasteiger partial charge on any atom is 0.255 e. The number of allylic oxidation sites excluding steroid dienone is 3. The lowest BCUT2D eigenvalue weighted by Gasteiger charge is -2.30.